The molecule has 2 amide bonds. The summed E-state index contributed by atoms with van der Waals surface area (Å²) >= 11 is 5.95. The van der Waals surface area contributed by atoms with Gasteiger partial charge < -0.3 is 10.2 Å². The van der Waals surface area contributed by atoms with Crippen LogP contribution in [0.4, 0.5) is 5.69 Å². The van der Waals surface area contributed by atoms with Crippen LogP contribution in [0, 0.1) is 5.92 Å². The summed E-state index contributed by atoms with van der Waals surface area (Å²) in [5.74, 6) is -0.312. The Morgan fingerprint density at radius 2 is 2.24 bits per heavy atom. The van der Waals surface area contributed by atoms with E-state index >= 15 is 0 Å². The Kier molecular flexibility index (Phi) is 5.62. The lowest BCUT2D eigenvalue weighted by Gasteiger charge is -2.17. The van der Waals surface area contributed by atoms with E-state index < -0.39 is 0 Å². The van der Waals surface area contributed by atoms with Gasteiger partial charge in [0, 0.05) is 30.2 Å². The van der Waals surface area contributed by atoms with E-state index in [4.69, 9.17) is 11.6 Å². The molecule has 1 fully saturated rings. The normalized spacial score (nSPS) is 18.1. The lowest BCUT2D eigenvalue weighted by atomic mass is 10.1. The number of halogens is 1. The van der Waals surface area contributed by atoms with Crippen molar-refractivity contribution < 1.29 is 9.59 Å². The minimum atomic E-state index is -0.266. The van der Waals surface area contributed by atoms with Gasteiger partial charge in [0.05, 0.1) is 5.92 Å². The third kappa shape index (κ3) is 4.21. The maximum Gasteiger partial charge on any atom is 0.227 e. The van der Waals surface area contributed by atoms with Crippen LogP contribution in [0.1, 0.15) is 32.6 Å². The predicted octanol–water partition coefficient (Wildman–Crippen LogP) is 3.00. The second-order valence-electron chi connectivity index (χ2n) is 5.38. The molecule has 1 N–H and O–H groups in total. The van der Waals surface area contributed by atoms with Gasteiger partial charge in [0.1, 0.15) is 0 Å². The van der Waals surface area contributed by atoms with Gasteiger partial charge in [0.15, 0.2) is 0 Å². The molecule has 1 heterocycles. The highest BCUT2D eigenvalue weighted by Crippen LogP contribution is 2.27. The van der Waals surface area contributed by atoms with Crippen molar-refractivity contribution >= 4 is 29.1 Å². The molecule has 0 bridgehead atoms. The van der Waals surface area contributed by atoms with Crippen LogP contribution in [0.25, 0.3) is 0 Å². The Bertz CT molecular complexity index is 519. The van der Waals surface area contributed by atoms with Crippen molar-refractivity contribution in [1.82, 2.24) is 5.32 Å². The maximum absolute atomic E-state index is 12.1. The lowest BCUT2D eigenvalue weighted by molar-refractivity contribution is -0.126. The van der Waals surface area contributed by atoms with Crippen LogP contribution in [-0.2, 0) is 9.59 Å². The molecular formula is C16H21ClN2O2. The van der Waals surface area contributed by atoms with Crippen molar-refractivity contribution in [2.45, 2.75) is 32.6 Å². The number of nitrogens with one attached hydrogen (secondary N) is 1. The van der Waals surface area contributed by atoms with E-state index in [0.29, 0.717) is 18.1 Å². The molecule has 5 heteroatoms. The van der Waals surface area contributed by atoms with E-state index in [9.17, 15) is 9.59 Å². The highest BCUT2D eigenvalue weighted by molar-refractivity contribution is 6.30. The second kappa shape index (κ2) is 7.46. The van der Waals surface area contributed by atoms with Gasteiger partial charge >= 0.3 is 0 Å². The molecular weight excluding hydrogens is 288 g/mol. The minimum absolute atomic E-state index is 0.0222. The zero-order valence-electron chi connectivity index (χ0n) is 12.3. The Balaban J connectivity index is 1.91. The summed E-state index contributed by atoms with van der Waals surface area (Å²) in [6.07, 6.45) is 3.49. The topological polar surface area (TPSA) is 49.4 Å². The summed E-state index contributed by atoms with van der Waals surface area (Å²) < 4.78 is 0. The second-order valence-corrected chi connectivity index (χ2v) is 5.82. The van der Waals surface area contributed by atoms with E-state index in [1.54, 1.807) is 17.0 Å². The fourth-order valence-corrected chi connectivity index (χ4v) is 2.69. The van der Waals surface area contributed by atoms with Crippen molar-refractivity contribution in [3.63, 3.8) is 0 Å². The molecule has 1 aromatic rings. The van der Waals surface area contributed by atoms with Crippen molar-refractivity contribution in [1.29, 1.82) is 0 Å². The fraction of sp³-hybridized carbons (Fsp3) is 0.500. The zero-order valence-corrected chi connectivity index (χ0v) is 13.0. The number of unbranched alkanes of at least 4 members (excludes halogenated alkanes) is 2. The summed E-state index contributed by atoms with van der Waals surface area (Å²) in [5, 5.41) is 3.51. The third-order valence-electron chi connectivity index (χ3n) is 3.70. The first-order valence-electron chi connectivity index (χ1n) is 7.45. The molecule has 1 aliphatic rings. The minimum Gasteiger partial charge on any atom is -0.356 e. The average molecular weight is 309 g/mol. The molecule has 0 aliphatic carbocycles. The van der Waals surface area contributed by atoms with Crippen molar-refractivity contribution in [2.75, 3.05) is 18.0 Å². The number of carbonyl (C=O) groups excluding carboxylic acids is 2. The number of carbonyl (C=O) groups is 2. The number of benzene rings is 1. The predicted molar refractivity (Wildman–Crippen MR) is 84.4 cm³/mol. The highest BCUT2D eigenvalue weighted by Gasteiger charge is 2.34. The Hall–Kier alpha value is -1.55. The van der Waals surface area contributed by atoms with Gasteiger partial charge in [0.25, 0.3) is 0 Å². The molecule has 4 nitrogen and oxygen atoms in total. The molecule has 1 aliphatic heterocycles. The van der Waals surface area contributed by atoms with Crippen LogP contribution in [0.3, 0.4) is 0 Å². The molecule has 1 aromatic carbocycles. The maximum atomic E-state index is 12.1. The quantitative estimate of drug-likeness (QED) is 0.821. The van der Waals surface area contributed by atoms with Crippen molar-refractivity contribution in [2.24, 2.45) is 5.92 Å². The highest BCUT2D eigenvalue weighted by atomic mass is 35.5. The number of rotatable bonds is 6. The zero-order chi connectivity index (χ0) is 15.2. The molecule has 0 radical (unpaired) electrons. The average Bonchev–Trinajstić information content (AvgIpc) is 2.85. The van der Waals surface area contributed by atoms with Crippen molar-refractivity contribution in [3.8, 4) is 0 Å². The van der Waals surface area contributed by atoms with Gasteiger partial charge in [-0.05, 0) is 24.6 Å². The van der Waals surface area contributed by atoms with E-state index in [1.807, 2.05) is 12.1 Å². The van der Waals surface area contributed by atoms with E-state index in [1.165, 1.54) is 0 Å². The van der Waals surface area contributed by atoms with Gasteiger partial charge in [0.2, 0.25) is 11.8 Å². The van der Waals surface area contributed by atoms with Gasteiger partial charge in [-0.25, -0.2) is 0 Å². The number of hydrogen-bond acceptors (Lipinski definition) is 2. The number of hydrogen-bond donors (Lipinski definition) is 1. The van der Waals surface area contributed by atoms with Gasteiger partial charge in [-0.15, -0.1) is 0 Å². The summed E-state index contributed by atoms with van der Waals surface area (Å²) in [4.78, 5) is 25.8. The SMILES string of the molecule is CCCCCNC(=O)C1CC(=O)N(c2cccc(Cl)c2)C1. The summed E-state index contributed by atoms with van der Waals surface area (Å²) in [7, 11) is 0. The summed E-state index contributed by atoms with van der Waals surface area (Å²) in [6.45, 7) is 3.24. The molecule has 21 heavy (non-hydrogen) atoms. The van der Waals surface area contributed by atoms with Crippen LogP contribution in [0.2, 0.25) is 5.02 Å². The molecule has 1 saturated heterocycles. The molecule has 1 unspecified atom stereocenters. The fourth-order valence-electron chi connectivity index (χ4n) is 2.51. The molecule has 2 rings (SSSR count). The van der Waals surface area contributed by atoms with Gasteiger partial charge in [-0.3, -0.25) is 9.59 Å². The monoisotopic (exact) mass is 308 g/mol. The van der Waals surface area contributed by atoms with Gasteiger partial charge in [-0.2, -0.15) is 0 Å². The first-order chi connectivity index (χ1) is 10.1. The van der Waals surface area contributed by atoms with Crippen LogP contribution in [0.15, 0.2) is 24.3 Å². The van der Waals surface area contributed by atoms with E-state index in [2.05, 4.69) is 12.2 Å². The molecule has 114 valence electrons. The Morgan fingerprint density at radius 3 is 2.95 bits per heavy atom. The van der Waals surface area contributed by atoms with E-state index in [0.717, 1.165) is 24.9 Å². The van der Waals surface area contributed by atoms with Crippen LogP contribution in [-0.4, -0.2) is 24.9 Å². The van der Waals surface area contributed by atoms with Gasteiger partial charge in [-0.1, -0.05) is 37.4 Å². The van der Waals surface area contributed by atoms with Crippen LogP contribution in [0.5, 0.6) is 0 Å². The van der Waals surface area contributed by atoms with Crippen LogP contribution < -0.4 is 10.2 Å². The largest absolute Gasteiger partial charge is 0.356 e. The standard InChI is InChI=1S/C16H21ClN2O2/c1-2-3-4-8-18-16(21)12-9-15(20)19(11-12)14-7-5-6-13(17)10-14/h5-7,10,12H,2-4,8-9,11H2,1H3,(H,18,21). The first kappa shape index (κ1) is 15.8. The molecule has 0 aromatic heterocycles. The number of amides is 2. The number of anilines is 1. The van der Waals surface area contributed by atoms with Crippen molar-refractivity contribution in [3.05, 3.63) is 29.3 Å². The Labute approximate surface area is 130 Å². The summed E-state index contributed by atoms with van der Waals surface area (Å²) in [6, 6.07) is 7.17. The summed E-state index contributed by atoms with van der Waals surface area (Å²) in [5.41, 5.74) is 0.758. The first-order valence-corrected chi connectivity index (χ1v) is 7.83. The van der Waals surface area contributed by atoms with Crippen LogP contribution >= 0.6 is 11.6 Å². The number of nitrogens with zero attached hydrogens (tertiary/aromatic N) is 1. The van der Waals surface area contributed by atoms with E-state index in [-0.39, 0.29) is 24.2 Å². The molecule has 1 atom stereocenters. The molecule has 0 spiro atoms. The molecule has 0 saturated carbocycles. The smallest absolute Gasteiger partial charge is 0.227 e. The lowest BCUT2D eigenvalue weighted by Crippen LogP contribution is -2.33. The Morgan fingerprint density at radius 1 is 1.43 bits per heavy atom. The third-order valence-corrected chi connectivity index (χ3v) is 3.93.